The predicted molar refractivity (Wildman–Crippen MR) is 154 cm³/mol. The number of benzene rings is 3. The first-order chi connectivity index (χ1) is 19.5. The molecule has 0 radical (unpaired) electrons. The molecule has 0 bridgehead atoms. The van der Waals surface area contributed by atoms with Crippen molar-refractivity contribution < 1.29 is 14.3 Å². The lowest BCUT2D eigenvalue weighted by atomic mass is 9.77. The summed E-state index contributed by atoms with van der Waals surface area (Å²) in [4.78, 5) is 26.2. The Kier molecular flexibility index (Phi) is 7.36. The molecule has 1 aromatic heterocycles. The zero-order valence-electron chi connectivity index (χ0n) is 21.4. The van der Waals surface area contributed by atoms with Crippen molar-refractivity contribution in [2.75, 3.05) is 6.61 Å². The number of hydrogen-bond donors (Lipinski definition) is 0. The SMILES string of the molecule is O=C(Cn1nnc2ccccc21)OCC(=O)N1N=C2C(=Cc3cccc(Cl)c3)CCCC2C1c1ccc(Cl)cc1. The van der Waals surface area contributed by atoms with Gasteiger partial charge in [0, 0.05) is 16.0 Å². The standard InChI is InChI=1S/C30H25Cl2N5O3/c31-22-13-11-20(12-14-22)30-24-8-4-6-21(15-19-5-3-7-23(32)16-19)29(24)34-37(30)27(38)18-40-28(39)17-36-26-10-2-1-9-25(26)33-35-36/h1-3,5,7,9-16,24,30H,4,6,8,17-18H2. The predicted octanol–water partition coefficient (Wildman–Crippen LogP) is 6.10. The first-order valence-electron chi connectivity index (χ1n) is 13.0. The van der Waals surface area contributed by atoms with Crippen LogP contribution >= 0.6 is 23.2 Å². The maximum absolute atomic E-state index is 13.5. The first kappa shape index (κ1) is 26.2. The van der Waals surface area contributed by atoms with Crippen molar-refractivity contribution in [3.05, 3.63) is 99.5 Å². The molecule has 10 heteroatoms. The van der Waals surface area contributed by atoms with Crippen LogP contribution in [0.5, 0.6) is 0 Å². The molecular formula is C30H25Cl2N5O3. The van der Waals surface area contributed by atoms with E-state index in [1.807, 2.05) is 72.8 Å². The third kappa shape index (κ3) is 5.37. The average molecular weight is 574 g/mol. The quantitative estimate of drug-likeness (QED) is 0.260. The van der Waals surface area contributed by atoms with Gasteiger partial charge < -0.3 is 4.74 Å². The van der Waals surface area contributed by atoms with Crippen molar-refractivity contribution in [2.45, 2.75) is 31.8 Å². The zero-order valence-corrected chi connectivity index (χ0v) is 22.9. The molecule has 1 fully saturated rings. The van der Waals surface area contributed by atoms with E-state index in [0.717, 1.165) is 41.7 Å². The zero-order chi connectivity index (χ0) is 27.6. The summed E-state index contributed by atoms with van der Waals surface area (Å²) in [5.74, 6) is -0.986. The lowest BCUT2D eigenvalue weighted by molar-refractivity contribution is -0.153. The minimum absolute atomic E-state index is 0.00141. The summed E-state index contributed by atoms with van der Waals surface area (Å²) in [5, 5.41) is 15.6. The number of allylic oxidation sites excluding steroid dienone is 1. The molecule has 0 saturated heterocycles. The Morgan fingerprint density at radius 3 is 2.65 bits per heavy atom. The second kappa shape index (κ2) is 11.2. The molecule has 202 valence electrons. The summed E-state index contributed by atoms with van der Waals surface area (Å²) in [6.45, 7) is -0.593. The third-order valence-corrected chi connectivity index (χ3v) is 7.70. The average Bonchev–Trinajstić information content (AvgIpc) is 3.55. The summed E-state index contributed by atoms with van der Waals surface area (Å²) >= 11 is 12.4. The van der Waals surface area contributed by atoms with Gasteiger partial charge in [0.1, 0.15) is 12.1 Å². The van der Waals surface area contributed by atoms with Gasteiger partial charge in [0.15, 0.2) is 6.61 Å². The van der Waals surface area contributed by atoms with Gasteiger partial charge in [-0.2, -0.15) is 5.10 Å². The van der Waals surface area contributed by atoms with Crippen LogP contribution in [0.15, 0.2) is 83.5 Å². The molecule has 1 saturated carbocycles. The van der Waals surface area contributed by atoms with Crippen molar-refractivity contribution in [1.29, 1.82) is 0 Å². The Hall–Kier alpha value is -4.01. The number of ether oxygens (including phenoxy) is 1. The number of hydrogen-bond acceptors (Lipinski definition) is 6. The van der Waals surface area contributed by atoms with Crippen LogP contribution < -0.4 is 0 Å². The van der Waals surface area contributed by atoms with Crippen LogP contribution in [0.25, 0.3) is 17.1 Å². The van der Waals surface area contributed by atoms with Crippen LogP contribution in [-0.2, 0) is 20.9 Å². The molecular weight excluding hydrogens is 549 g/mol. The Bertz CT molecular complexity index is 1650. The number of esters is 1. The highest BCUT2D eigenvalue weighted by Crippen LogP contribution is 2.44. The van der Waals surface area contributed by atoms with E-state index in [1.165, 1.54) is 9.69 Å². The molecule has 2 aliphatic rings. The highest BCUT2D eigenvalue weighted by atomic mass is 35.5. The number of nitrogens with zero attached hydrogens (tertiary/aromatic N) is 5. The van der Waals surface area contributed by atoms with Crippen LogP contribution in [0, 0.1) is 5.92 Å². The normalized spacial score (nSPS) is 19.5. The topological polar surface area (TPSA) is 89.7 Å². The van der Waals surface area contributed by atoms with E-state index in [2.05, 4.69) is 16.4 Å². The number of rotatable bonds is 6. The highest BCUT2D eigenvalue weighted by Gasteiger charge is 2.43. The van der Waals surface area contributed by atoms with Crippen LogP contribution in [0.4, 0.5) is 0 Å². The summed E-state index contributed by atoms with van der Waals surface area (Å²) in [7, 11) is 0. The van der Waals surface area contributed by atoms with Crippen molar-refractivity contribution in [1.82, 2.24) is 20.0 Å². The van der Waals surface area contributed by atoms with Crippen molar-refractivity contribution >= 4 is 57.9 Å². The van der Waals surface area contributed by atoms with Crippen LogP contribution in [0.2, 0.25) is 10.0 Å². The molecule has 0 N–H and O–H groups in total. The van der Waals surface area contributed by atoms with E-state index in [9.17, 15) is 9.59 Å². The molecule has 1 aliphatic carbocycles. The minimum atomic E-state index is -0.585. The number of aromatic nitrogens is 3. The second-order valence-corrected chi connectivity index (χ2v) is 10.7. The fraction of sp³-hybridized carbons (Fsp3) is 0.233. The molecule has 3 aromatic carbocycles. The monoisotopic (exact) mass is 573 g/mol. The van der Waals surface area contributed by atoms with Gasteiger partial charge in [-0.05, 0) is 78.4 Å². The van der Waals surface area contributed by atoms with Gasteiger partial charge >= 0.3 is 5.97 Å². The van der Waals surface area contributed by atoms with E-state index in [1.54, 1.807) is 0 Å². The van der Waals surface area contributed by atoms with Gasteiger partial charge in [0.25, 0.3) is 5.91 Å². The number of para-hydroxylation sites is 1. The van der Waals surface area contributed by atoms with Gasteiger partial charge in [-0.15, -0.1) is 5.10 Å². The number of carbonyl (C=O) groups is 2. The van der Waals surface area contributed by atoms with Gasteiger partial charge in [-0.1, -0.05) is 64.8 Å². The van der Waals surface area contributed by atoms with Crippen LogP contribution in [0.1, 0.15) is 36.4 Å². The van der Waals surface area contributed by atoms with E-state index >= 15 is 0 Å². The Morgan fingerprint density at radius 2 is 1.82 bits per heavy atom. The minimum Gasteiger partial charge on any atom is -0.454 e. The number of hydrazone groups is 1. The molecule has 4 aromatic rings. The Morgan fingerprint density at radius 1 is 1.00 bits per heavy atom. The van der Waals surface area contributed by atoms with Crippen LogP contribution in [0.3, 0.4) is 0 Å². The van der Waals surface area contributed by atoms with Gasteiger partial charge in [-0.25, -0.2) is 9.69 Å². The van der Waals surface area contributed by atoms with Gasteiger partial charge in [0.2, 0.25) is 0 Å². The molecule has 2 atom stereocenters. The molecule has 2 heterocycles. The number of halogens is 2. The molecule has 2 unspecified atom stereocenters. The lowest BCUT2D eigenvalue weighted by Crippen LogP contribution is -2.34. The molecule has 1 amide bonds. The maximum Gasteiger partial charge on any atom is 0.328 e. The Balaban J connectivity index is 1.24. The first-order valence-corrected chi connectivity index (χ1v) is 13.8. The summed E-state index contributed by atoms with van der Waals surface area (Å²) in [6, 6.07) is 22.1. The fourth-order valence-corrected chi connectivity index (χ4v) is 5.73. The summed E-state index contributed by atoms with van der Waals surface area (Å²) < 4.78 is 6.85. The second-order valence-electron chi connectivity index (χ2n) is 9.84. The van der Waals surface area contributed by atoms with Crippen LogP contribution in [-0.4, -0.2) is 44.2 Å². The van der Waals surface area contributed by atoms with E-state index in [0.29, 0.717) is 21.1 Å². The largest absolute Gasteiger partial charge is 0.454 e. The fourth-order valence-electron chi connectivity index (χ4n) is 5.41. The number of fused-ring (bicyclic) bond motifs is 2. The Labute approximate surface area is 240 Å². The smallest absolute Gasteiger partial charge is 0.328 e. The molecule has 0 spiro atoms. The van der Waals surface area contributed by atoms with Crippen molar-refractivity contribution in [2.24, 2.45) is 11.0 Å². The molecule has 40 heavy (non-hydrogen) atoms. The van der Waals surface area contributed by atoms with Crippen molar-refractivity contribution in [3.8, 4) is 0 Å². The molecule has 8 nitrogen and oxygen atoms in total. The van der Waals surface area contributed by atoms with Crippen molar-refractivity contribution in [3.63, 3.8) is 0 Å². The molecule has 6 rings (SSSR count). The maximum atomic E-state index is 13.5. The van der Waals surface area contributed by atoms with Gasteiger partial charge in [-0.3, -0.25) is 9.59 Å². The third-order valence-electron chi connectivity index (χ3n) is 7.21. The van der Waals surface area contributed by atoms with E-state index < -0.39 is 18.5 Å². The highest BCUT2D eigenvalue weighted by molar-refractivity contribution is 6.31. The van der Waals surface area contributed by atoms with E-state index in [4.69, 9.17) is 33.0 Å². The summed E-state index contributed by atoms with van der Waals surface area (Å²) in [6.07, 6.45) is 4.77. The van der Waals surface area contributed by atoms with Gasteiger partial charge in [0.05, 0.1) is 17.3 Å². The number of amides is 1. The molecule has 1 aliphatic heterocycles. The van der Waals surface area contributed by atoms with E-state index in [-0.39, 0.29) is 18.5 Å². The summed E-state index contributed by atoms with van der Waals surface area (Å²) in [5.41, 5.74) is 5.24. The number of carbonyl (C=O) groups excluding carboxylic acids is 2. The lowest BCUT2D eigenvalue weighted by Gasteiger charge is -2.29.